The number of hydrogen-bond acceptors (Lipinski definition) is 5. The number of nitrogens with zero attached hydrogens (tertiary/aromatic N) is 1. The van der Waals surface area contributed by atoms with Crippen molar-refractivity contribution in [3.8, 4) is 0 Å². The van der Waals surface area contributed by atoms with E-state index in [2.05, 4.69) is 5.32 Å². The van der Waals surface area contributed by atoms with E-state index in [1.54, 1.807) is 19.1 Å². The third-order valence-electron chi connectivity index (χ3n) is 4.02. The van der Waals surface area contributed by atoms with Crippen molar-refractivity contribution in [2.75, 3.05) is 31.6 Å². The normalized spacial score (nSPS) is 20.2. The number of hydrogen-bond donors (Lipinski definition) is 2. The zero-order valence-electron chi connectivity index (χ0n) is 13.6. The summed E-state index contributed by atoms with van der Waals surface area (Å²) in [4.78, 5) is 35.4. The highest BCUT2D eigenvalue weighted by molar-refractivity contribution is 5.93. The van der Waals surface area contributed by atoms with Gasteiger partial charge in [0.1, 0.15) is 11.6 Å². The number of quaternary nitrogens is 1. The van der Waals surface area contributed by atoms with Gasteiger partial charge in [0.15, 0.2) is 6.54 Å². The van der Waals surface area contributed by atoms with Gasteiger partial charge in [-0.1, -0.05) is 12.1 Å². The molecular formula is C16H22N3O5+. The quantitative estimate of drug-likeness (QED) is 0.444. The average Bonchev–Trinajstić information content (AvgIpc) is 2.55. The van der Waals surface area contributed by atoms with Gasteiger partial charge in [-0.05, 0) is 25.8 Å². The first-order chi connectivity index (χ1) is 11.5. The van der Waals surface area contributed by atoms with E-state index in [1.165, 1.54) is 12.1 Å². The lowest BCUT2D eigenvalue weighted by Gasteiger charge is -2.28. The monoisotopic (exact) mass is 336 g/mol. The molecule has 2 rings (SSSR count). The number of ether oxygens (including phenoxy) is 1. The van der Waals surface area contributed by atoms with Crippen LogP contribution in [0.25, 0.3) is 0 Å². The fourth-order valence-corrected chi connectivity index (χ4v) is 2.93. The van der Waals surface area contributed by atoms with Crippen LogP contribution >= 0.6 is 0 Å². The van der Waals surface area contributed by atoms with E-state index in [0.29, 0.717) is 13.2 Å². The highest BCUT2D eigenvalue weighted by Gasteiger charge is 2.31. The van der Waals surface area contributed by atoms with Crippen molar-refractivity contribution in [2.24, 2.45) is 5.92 Å². The summed E-state index contributed by atoms with van der Waals surface area (Å²) in [6.45, 7) is 3.62. The zero-order chi connectivity index (χ0) is 17.5. The summed E-state index contributed by atoms with van der Waals surface area (Å²) in [7, 11) is 0. The first-order valence-electron chi connectivity index (χ1n) is 8.04. The summed E-state index contributed by atoms with van der Waals surface area (Å²) >= 11 is 0. The molecule has 1 amide bonds. The minimum absolute atomic E-state index is 0.135. The second kappa shape index (κ2) is 8.39. The smallest absolute Gasteiger partial charge is 0.314 e. The number of nitrogens with one attached hydrogen (secondary N) is 2. The Morgan fingerprint density at radius 3 is 2.88 bits per heavy atom. The van der Waals surface area contributed by atoms with Crippen molar-refractivity contribution in [1.29, 1.82) is 0 Å². The van der Waals surface area contributed by atoms with Crippen molar-refractivity contribution in [2.45, 2.75) is 19.8 Å². The number of likely N-dealkylation sites (tertiary alicyclic amines) is 1. The van der Waals surface area contributed by atoms with Crippen molar-refractivity contribution >= 4 is 23.3 Å². The van der Waals surface area contributed by atoms with Crippen LogP contribution in [0.1, 0.15) is 19.8 Å². The van der Waals surface area contributed by atoms with Crippen molar-refractivity contribution in [3.05, 3.63) is 34.4 Å². The molecule has 1 heterocycles. The Bertz CT molecular complexity index is 619. The van der Waals surface area contributed by atoms with Crippen molar-refractivity contribution < 1.29 is 24.1 Å². The maximum absolute atomic E-state index is 12.2. The van der Waals surface area contributed by atoms with Crippen LogP contribution in [0.15, 0.2) is 24.3 Å². The molecule has 0 aliphatic carbocycles. The molecule has 1 aromatic rings. The van der Waals surface area contributed by atoms with Gasteiger partial charge >= 0.3 is 5.97 Å². The van der Waals surface area contributed by atoms with Crippen LogP contribution in [0.3, 0.4) is 0 Å². The average molecular weight is 336 g/mol. The third-order valence-corrected chi connectivity index (χ3v) is 4.02. The molecule has 0 radical (unpaired) electrons. The summed E-state index contributed by atoms with van der Waals surface area (Å²) < 4.78 is 5.04. The van der Waals surface area contributed by atoms with Gasteiger partial charge in [-0.3, -0.25) is 19.7 Å². The molecule has 24 heavy (non-hydrogen) atoms. The predicted octanol–water partition coefficient (Wildman–Crippen LogP) is 0.391. The minimum atomic E-state index is -0.528. The standard InChI is InChI=1S/C16H21N3O5/c1-2-24-16(21)12-6-5-9-18(10-12)11-15(20)17-13-7-3-4-8-14(13)19(22)23/h3-4,7-8,12H,2,5-6,9-11H2,1H3,(H,17,20)/p+1/t12-/m1/s1. The second-order valence-electron chi connectivity index (χ2n) is 5.79. The Kier molecular flexibility index (Phi) is 6.25. The Balaban J connectivity index is 1.93. The number of carbonyl (C=O) groups is 2. The Labute approximate surface area is 139 Å². The van der Waals surface area contributed by atoms with Crippen LogP contribution in [0.5, 0.6) is 0 Å². The topological polar surface area (TPSA) is 103 Å². The number of rotatable bonds is 6. The molecule has 1 aliphatic heterocycles. The molecule has 0 spiro atoms. The molecule has 1 aromatic carbocycles. The Hall–Kier alpha value is -2.48. The highest BCUT2D eigenvalue weighted by Crippen LogP contribution is 2.22. The number of carbonyl (C=O) groups excluding carboxylic acids is 2. The second-order valence-corrected chi connectivity index (χ2v) is 5.79. The number of anilines is 1. The number of amides is 1. The highest BCUT2D eigenvalue weighted by atomic mass is 16.6. The third kappa shape index (κ3) is 4.76. The Morgan fingerprint density at radius 2 is 2.17 bits per heavy atom. The summed E-state index contributed by atoms with van der Waals surface area (Å²) in [6.07, 6.45) is 1.62. The lowest BCUT2D eigenvalue weighted by atomic mass is 9.98. The first-order valence-corrected chi connectivity index (χ1v) is 8.04. The molecule has 1 unspecified atom stereocenters. The number of nitro benzene ring substituents is 1. The molecular weight excluding hydrogens is 314 g/mol. The lowest BCUT2D eigenvalue weighted by Crippen LogP contribution is -3.14. The van der Waals surface area contributed by atoms with Gasteiger partial charge in [-0.2, -0.15) is 0 Å². The van der Waals surface area contributed by atoms with E-state index in [-0.39, 0.29) is 35.7 Å². The van der Waals surface area contributed by atoms with Crippen LogP contribution in [0.4, 0.5) is 11.4 Å². The van der Waals surface area contributed by atoms with Gasteiger partial charge in [0.05, 0.1) is 24.6 Å². The molecule has 0 bridgehead atoms. The van der Waals surface area contributed by atoms with Crippen LogP contribution in [-0.2, 0) is 14.3 Å². The molecule has 2 atom stereocenters. The first kappa shape index (κ1) is 17.9. The van der Waals surface area contributed by atoms with E-state index in [4.69, 9.17) is 4.74 Å². The molecule has 8 heteroatoms. The van der Waals surface area contributed by atoms with Gasteiger partial charge in [-0.15, -0.1) is 0 Å². The fourth-order valence-electron chi connectivity index (χ4n) is 2.93. The molecule has 1 saturated heterocycles. The maximum Gasteiger partial charge on any atom is 0.314 e. The van der Waals surface area contributed by atoms with Gasteiger partial charge in [0.25, 0.3) is 11.6 Å². The molecule has 8 nitrogen and oxygen atoms in total. The minimum Gasteiger partial charge on any atom is -0.466 e. The van der Waals surface area contributed by atoms with Gasteiger partial charge < -0.3 is 15.0 Å². The van der Waals surface area contributed by atoms with E-state index in [9.17, 15) is 19.7 Å². The SMILES string of the molecule is CCOC(=O)[C@@H]1CCC[NH+](CC(=O)Nc2ccccc2[N+](=O)[O-])C1. The molecule has 1 aliphatic rings. The number of esters is 1. The van der Waals surface area contributed by atoms with Gasteiger partial charge in [0, 0.05) is 6.07 Å². The van der Waals surface area contributed by atoms with Gasteiger partial charge in [0.2, 0.25) is 0 Å². The molecule has 0 aromatic heterocycles. The van der Waals surface area contributed by atoms with Crippen LogP contribution in [0, 0.1) is 16.0 Å². The van der Waals surface area contributed by atoms with E-state index in [0.717, 1.165) is 24.3 Å². The molecule has 0 saturated carbocycles. The number of benzene rings is 1. The fraction of sp³-hybridized carbons (Fsp3) is 0.500. The van der Waals surface area contributed by atoms with Crippen molar-refractivity contribution in [3.63, 3.8) is 0 Å². The zero-order valence-corrected chi connectivity index (χ0v) is 13.6. The van der Waals surface area contributed by atoms with Crippen molar-refractivity contribution in [1.82, 2.24) is 0 Å². The summed E-state index contributed by atoms with van der Waals surface area (Å²) in [5.41, 5.74) is 0.0507. The summed E-state index contributed by atoms with van der Waals surface area (Å²) in [5.74, 6) is -0.704. The number of nitro groups is 1. The predicted molar refractivity (Wildman–Crippen MR) is 86.6 cm³/mol. The van der Waals surface area contributed by atoms with Crippen LogP contribution in [-0.4, -0.2) is 43.0 Å². The van der Waals surface area contributed by atoms with Crippen LogP contribution < -0.4 is 10.2 Å². The lowest BCUT2D eigenvalue weighted by molar-refractivity contribution is -0.899. The molecule has 1 fully saturated rings. The number of para-hydroxylation sites is 2. The van der Waals surface area contributed by atoms with Crippen LogP contribution in [0.2, 0.25) is 0 Å². The van der Waals surface area contributed by atoms with Gasteiger partial charge in [-0.25, -0.2) is 0 Å². The molecule has 130 valence electrons. The summed E-state index contributed by atoms with van der Waals surface area (Å²) in [5, 5.41) is 13.6. The molecule has 2 N–H and O–H groups in total. The summed E-state index contributed by atoms with van der Waals surface area (Å²) in [6, 6.07) is 6.03. The Morgan fingerprint density at radius 1 is 1.42 bits per heavy atom. The maximum atomic E-state index is 12.2. The van der Waals surface area contributed by atoms with E-state index < -0.39 is 4.92 Å². The largest absolute Gasteiger partial charge is 0.466 e. The van der Waals surface area contributed by atoms with E-state index >= 15 is 0 Å². The van der Waals surface area contributed by atoms with E-state index in [1.807, 2.05) is 0 Å². The number of piperidine rings is 1.